The summed E-state index contributed by atoms with van der Waals surface area (Å²) < 4.78 is 0. The highest BCUT2D eigenvalue weighted by molar-refractivity contribution is 7.99. The third-order valence-electron chi connectivity index (χ3n) is 9.19. The Labute approximate surface area is 278 Å². The number of benzene rings is 2. The molecule has 0 saturated carbocycles. The maximum absolute atomic E-state index is 2.65. The number of hydrogen-bond donors (Lipinski definition) is 0. The molecule has 1 heterocycles. The van der Waals surface area contributed by atoms with Gasteiger partial charge in [-0.25, -0.2) is 0 Å². The lowest BCUT2D eigenvalue weighted by molar-refractivity contribution is 0.545. The predicted octanol–water partition coefficient (Wildman–Crippen LogP) is 13.3. The van der Waals surface area contributed by atoms with E-state index >= 15 is 0 Å². The van der Waals surface area contributed by atoms with Crippen molar-refractivity contribution in [3.8, 4) is 0 Å². The van der Waals surface area contributed by atoms with Crippen LogP contribution in [0, 0.1) is 9.96 Å². The molecule has 0 N–H and O–H groups in total. The summed E-state index contributed by atoms with van der Waals surface area (Å²) >= 11 is 0. The summed E-state index contributed by atoms with van der Waals surface area (Å²) in [4.78, 5) is 1.74. The predicted molar refractivity (Wildman–Crippen MR) is 209 cm³/mol. The normalized spacial score (nSPS) is 18.9. The Morgan fingerprint density at radius 3 is 1.27 bits per heavy atom. The first-order valence-corrected chi connectivity index (χ1v) is 23.6. The van der Waals surface area contributed by atoms with Crippen LogP contribution in [-0.4, -0.2) is 14.0 Å². The van der Waals surface area contributed by atoms with Gasteiger partial charge in [0.15, 0.2) is 0 Å². The maximum atomic E-state index is 2.65. The monoisotopic (exact) mass is 651 g/mol. The molecule has 1 aliphatic heterocycles. The highest BCUT2D eigenvalue weighted by atomic mass is 31.2. The van der Waals surface area contributed by atoms with Crippen LogP contribution in [0.15, 0.2) is 24.3 Å². The summed E-state index contributed by atoms with van der Waals surface area (Å²) in [5.74, 6) is 1.35. The molecule has 2 aromatic rings. The van der Waals surface area contributed by atoms with Gasteiger partial charge in [0, 0.05) is 4.94 Å². The Morgan fingerprint density at radius 2 is 0.955 bits per heavy atom. The minimum atomic E-state index is -1.62. The molecule has 1 aliphatic rings. The standard InChI is InChI=1S/C41H69P2Si/c1-36(2,3)27-22-29(38(7,8)9)33(30(23-27)39(10,11)12)42-26-43(35(42)44(19,20)21)34-31(40(13,14)15)24-28(37(4,5)6)25-32(34)41(16,17)18/h22-25H,26H2,1-21H3/q-1. The zero-order chi connectivity index (χ0) is 34.4. The second-order valence-corrected chi connectivity index (χ2v) is 31.7. The van der Waals surface area contributed by atoms with Gasteiger partial charge in [0.05, 0.1) is 5.90 Å². The second-order valence-electron chi connectivity index (χ2n) is 20.9. The van der Waals surface area contributed by atoms with Gasteiger partial charge in [0.2, 0.25) is 0 Å². The van der Waals surface area contributed by atoms with Gasteiger partial charge in [-0.15, -0.1) is 24.6 Å². The summed E-state index contributed by atoms with van der Waals surface area (Å²) in [6.45, 7) is 51.7. The first-order valence-electron chi connectivity index (χ1n) is 17.1. The van der Waals surface area contributed by atoms with E-state index in [0.29, 0.717) is 0 Å². The van der Waals surface area contributed by atoms with Crippen LogP contribution >= 0.6 is 15.5 Å². The minimum Gasteiger partial charge on any atom is -0.161 e. The summed E-state index contributed by atoms with van der Waals surface area (Å²) in [6.07, 6.45) is 0. The van der Waals surface area contributed by atoms with E-state index in [1.165, 1.54) is 17.0 Å². The lowest BCUT2D eigenvalue weighted by Crippen LogP contribution is -2.40. The van der Waals surface area contributed by atoms with Crippen LogP contribution < -0.4 is 5.30 Å². The van der Waals surface area contributed by atoms with E-state index < -0.39 is 8.07 Å². The third kappa shape index (κ3) is 7.74. The molecule has 248 valence electrons. The van der Waals surface area contributed by atoms with Crippen molar-refractivity contribution in [3.63, 3.8) is 0 Å². The van der Waals surface area contributed by atoms with Crippen molar-refractivity contribution in [2.24, 2.45) is 0 Å². The van der Waals surface area contributed by atoms with Crippen molar-refractivity contribution in [1.29, 1.82) is 0 Å². The van der Waals surface area contributed by atoms with Gasteiger partial charge in [-0.2, -0.15) is 12.1 Å². The molecule has 0 bridgehead atoms. The van der Waals surface area contributed by atoms with Crippen LogP contribution in [0.2, 0.25) is 19.6 Å². The minimum absolute atomic E-state index is 0.101. The molecule has 0 amide bonds. The topological polar surface area (TPSA) is 0 Å². The average Bonchev–Trinajstić information content (AvgIpc) is 2.72. The smallest absolute Gasteiger partial charge is 0.0735 e. The Balaban J connectivity index is 2.57. The van der Waals surface area contributed by atoms with Crippen molar-refractivity contribution in [2.45, 2.75) is 177 Å². The molecule has 0 nitrogen and oxygen atoms in total. The molecule has 3 heteroatoms. The van der Waals surface area contributed by atoms with Crippen LogP contribution in [0.3, 0.4) is 0 Å². The zero-order valence-electron chi connectivity index (χ0n) is 32.9. The van der Waals surface area contributed by atoms with Crippen LogP contribution in [-0.2, 0) is 32.5 Å². The molecule has 0 spiro atoms. The maximum Gasteiger partial charge on any atom is 0.0735 e. The van der Waals surface area contributed by atoms with Crippen molar-refractivity contribution in [1.82, 2.24) is 0 Å². The van der Waals surface area contributed by atoms with E-state index in [0.717, 1.165) is 0 Å². The fourth-order valence-corrected chi connectivity index (χ4v) is 22.6. The quantitative estimate of drug-likeness (QED) is 0.172. The van der Waals surface area contributed by atoms with Crippen molar-refractivity contribution < 1.29 is 0 Å². The number of hydrogen-bond acceptors (Lipinski definition) is 0. The zero-order valence-corrected chi connectivity index (χ0v) is 35.7. The summed E-state index contributed by atoms with van der Waals surface area (Å²) in [7, 11) is -2.31. The van der Waals surface area contributed by atoms with E-state index in [4.69, 9.17) is 0 Å². The summed E-state index contributed by atoms with van der Waals surface area (Å²) in [6, 6.07) is 10.5. The molecule has 44 heavy (non-hydrogen) atoms. The van der Waals surface area contributed by atoms with Crippen molar-refractivity contribution >= 4 is 28.8 Å². The van der Waals surface area contributed by atoms with Crippen LogP contribution in [0.4, 0.5) is 0 Å². The molecule has 2 unspecified atom stereocenters. The molecule has 2 aromatic carbocycles. The molecule has 3 rings (SSSR count). The molecule has 0 radical (unpaired) electrons. The van der Waals surface area contributed by atoms with Crippen LogP contribution in [0.1, 0.15) is 158 Å². The second kappa shape index (κ2) is 11.5. The first kappa shape index (κ1) is 37.8. The fraction of sp³-hybridized carbons (Fsp3) is 0.683. The Hall–Kier alpha value is -0.613. The molecular formula is C41H69P2Si-. The fourth-order valence-electron chi connectivity index (χ4n) is 6.51. The Kier molecular flexibility index (Phi) is 9.91. The van der Waals surface area contributed by atoms with Gasteiger partial charge in [-0.3, -0.25) is 0 Å². The van der Waals surface area contributed by atoms with E-state index in [9.17, 15) is 0 Å². The molecular weight excluding hydrogens is 582 g/mol. The Bertz CT molecular complexity index is 1380. The van der Waals surface area contributed by atoms with Gasteiger partial charge in [-0.1, -0.05) is 193 Å². The Morgan fingerprint density at radius 1 is 0.568 bits per heavy atom. The molecule has 0 aromatic heterocycles. The summed E-state index contributed by atoms with van der Waals surface area (Å²) in [5.41, 5.74) is 10.1. The highest BCUT2D eigenvalue weighted by Crippen LogP contribution is 2.79. The van der Waals surface area contributed by atoms with E-state index in [1.54, 1.807) is 32.5 Å². The molecule has 1 fully saturated rings. The van der Waals surface area contributed by atoms with Crippen LogP contribution in [0.5, 0.6) is 0 Å². The van der Waals surface area contributed by atoms with Crippen LogP contribution in [0.25, 0.3) is 0 Å². The first-order chi connectivity index (χ1) is 19.3. The average molecular weight is 652 g/mol. The van der Waals surface area contributed by atoms with Gasteiger partial charge >= 0.3 is 0 Å². The van der Waals surface area contributed by atoms with Gasteiger partial charge in [0.25, 0.3) is 0 Å². The SMILES string of the molecule is CC(C)(C)c1cc(C(C)(C)C)c(P2C[P+](=c3c(C(C)(C)C)cc(C(C)(C)C)c[c-]3C(C)(C)C)[C-]2[Si](C)(C)C)c(C(C)(C)C)c1. The van der Waals surface area contributed by atoms with E-state index in [1.807, 2.05) is 5.02 Å². The summed E-state index contributed by atoms with van der Waals surface area (Å²) in [5, 5.41) is 3.74. The molecule has 0 aliphatic carbocycles. The van der Waals surface area contributed by atoms with Gasteiger partial charge in [0.1, 0.15) is 0 Å². The lowest BCUT2D eigenvalue weighted by atomic mass is 9.75. The van der Waals surface area contributed by atoms with Crippen molar-refractivity contribution in [3.05, 3.63) is 67.6 Å². The molecule has 1 saturated heterocycles. The van der Waals surface area contributed by atoms with E-state index in [-0.39, 0.29) is 48.0 Å². The van der Waals surface area contributed by atoms with Gasteiger partial charge in [-0.05, 0) is 38.2 Å². The lowest BCUT2D eigenvalue weighted by Gasteiger charge is -2.55. The van der Waals surface area contributed by atoms with Gasteiger partial charge < -0.3 is 0 Å². The number of rotatable bonds is 2. The third-order valence-corrected chi connectivity index (χ3v) is 23.0. The highest BCUT2D eigenvalue weighted by Gasteiger charge is 2.45. The molecule has 2 atom stereocenters. The van der Waals surface area contributed by atoms with Crippen molar-refractivity contribution in [2.75, 3.05) is 5.90 Å². The van der Waals surface area contributed by atoms with E-state index in [2.05, 4.69) is 169 Å². The largest absolute Gasteiger partial charge is 0.161 e.